The highest BCUT2D eigenvalue weighted by Gasteiger charge is 2.25. The lowest BCUT2D eigenvalue weighted by molar-refractivity contribution is -0.146. The quantitative estimate of drug-likeness (QED) is 0.574. The van der Waals surface area contributed by atoms with E-state index < -0.39 is 24.9 Å². The van der Waals surface area contributed by atoms with Crippen LogP contribution < -0.4 is 5.73 Å². The van der Waals surface area contributed by atoms with Crippen LogP contribution >= 0.6 is 0 Å². The van der Waals surface area contributed by atoms with Gasteiger partial charge in [0.15, 0.2) is 0 Å². The van der Waals surface area contributed by atoms with Crippen molar-refractivity contribution < 1.29 is 18.7 Å². The van der Waals surface area contributed by atoms with Crippen LogP contribution in [-0.2, 0) is 4.79 Å². The van der Waals surface area contributed by atoms with Crippen LogP contribution in [0.4, 0.5) is 8.78 Å². The lowest BCUT2D eigenvalue weighted by Crippen LogP contribution is -2.29. The molecule has 0 rings (SSSR count). The van der Waals surface area contributed by atoms with Gasteiger partial charge >= 0.3 is 5.97 Å². The molecule has 0 heterocycles. The first-order valence-electron chi connectivity index (χ1n) is 2.30. The first-order chi connectivity index (χ1) is 4.09. The maximum absolute atomic E-state index is 11.5. The summed E-state index contributed by atoms with van der Waals surface area (Å²) in [5, 5.41) is 7.98. The van der Waals surface area contributed by atoms with Gasteiger partial charge in [0.1, 0.15) is 5.92 Å². The fourth-order valence-corrected chi connectivity index (χ4v) is 0.311. The van der Waals surface area contributed by atoms with E-state index in [4.69, 9.17) is 10.8 Å². The fourth-order valence-electron chi connectivity index (χ4n) is 0.311. The van der Waals surface area contributed by atoms with Crippen molar-refractivity contribution in [3.8, 4) is 0 Å². The number of aliphatic carboxylic acids is 1. The Labute approximate surface area is 50.5 Å². The van der Waals surface area contributed by atoms with Gasteiger partial charge in [-0.1, -0.05) is 0 Å². The molecule has 0 fully saturated rings. The van der Waals surface area contributed by atoms with E-state index in [2.05, 4.69) is 0 Å². The minimum absolute atomic E-state index is 0.521. The van der Waals surface area contributed by atoms with Gasteiger partial charge < -0.3 is 10.8 Å². The maximum atomic E-state index is 11.5. The lowest BCUT2D eigenvalue weighted by Gasteiger charge is -2.05. The molecule has 3 N–H and O–H groups in total. The number of nitrogens with two attached hydrogens (primary N) is 1. The minimum Gasteiger partial charge on any atom is -0.481 e. The number of hydrogen-bond donors (Lipinski definition) is 2. The van der Waals surface area contributed by atoms with Gasteiger partial charge in [-0.05, 0) is 0 Å². The predicted octanol–water partition coefficient (Wildman–Crippen LogP) is -0.0890. The molecule has 9 heavy (non-hydrogen) atoms. The molecule has 54 valence electrons. The first kappa shape index (κ1) is 8.29. The minimum atomic E-state index is -2.87. The standard InChI is InChI=1S/C4H7F2NO2/c5-3(6)2(1-7)4(8)9/h2-3H,1,7H2,(H,8,9). The summed E-state index contributed by atoms with van der Waals surface area (Å²) in [6.07, 6.45) is -2.87. The van der Waals surface area contributed by atoms with E-state index in [9.17, 15) is 13.6 Å². The Morgan fingerprint density at radius 2 is 2.11 bits per heavy atom. The van der Waals surface area contributed by atoms with Crippen molar-refractivity contribution in [2.45, 2.75) is 6.43 Å². The third-order valence-corrected chi connectivity index (χ3v) is 0.875. The Balaban J connectivity index is 3.83. The van der Waals surface area contributed by atoms with Crippen LogP contribution in [0, 0.1) is 5.92 Å². The molecule has 0 amide bonds. The van der Waals surface area contributed by atoms with Crippen molar-refractivity contribution in [1.82, 2.24) is 0 Å². The van der Waals surface area contributed by atoms with Gasteiger partial charge in [-0.2, -0.15) is 0 Å². The molecular weight excluding hydrogens is 132 g/mol. The summed E-state index contributed by atoms with van der Waals surface area (Å²) in [6.45, 7) is -0.521. The molecule has 0 saturated heterocycles. The molecule has 0 aromatic heterocycles. The molecule has 0 aromatic rings. The zero-order valence-electron chi connectivity index (χ0n) is 4.55. The zero-order chi connectivity index (χ0) is 7.44. The van der Waals surface area contributed by atoms with Crippen LogP contribution in [0.15, 0.2) is 0 Å². The van der Waals surface area contributed by atoms with Gasteiger partial charge in [-0.15, -0.1) is 0 Å². The second-order valence-corrected chi connectivity index (χ2v) is 1.51. The number of hydrogen-bond acceptors (Lipinski definition) is 2. The first-order valence-corrected chi connectivity index (χ1v) is 2.30. The Morgan fingerprint density at radius 3 is 2.11 bits per heavy atom. The van der Waals surface area contributed by atoms with Crippen molar-refractivity contribution in [3.05, 3.63) is 0 Å². The van der Waals surface area contributed by atoms with E-state index in [1.807, 2.05) is 0 Å². The largest absolute Gasteiger partial charge is 0.481 e. The van der Waals surface area contributed by atoms with E-state index in [0.717, 1.165) is 0 Å². The van der Waals surface area contributed by atoms with E-state index in [1.165, 1.54) is 0 Å². The monoisotopic (exact) mass is 139 g/mol. The summed E-state index contributed by atoms with van der Waals surface area (Å²) in [4.78, 5) is 9.81. The summed E-state index contributed by atoms with van der Waals surface area (Å²) in [7, 11) is 0. The molecule has 0 aromatic carbocycles. The van der Waals surface area contributed by atoms with E-state index in [-0.39, 0.29) is 0 Å². The summed E-state index contributed by atoms with van der Waals surface area (Å²) >= 11 is 0. The summed E-state index contributed by atoms with van der Waals surface area (Å²) < 4.78 is 23.0. The maximum Gasteiger partial charge on any atom is 0.313 e. The SMILES string of the molecule is NCC(C(=O)O)C(F)F. The summed E-state index contributed by atoms with van der Waals surface area (Å²) in [5.74, 6) is -3.27. The average molecular weight is 139 g/mol. The number of carboxylic acids is 1. The molecule has 0 aliphatic carbocycles. The van der Waals surface area contributed by atoms with Crippen LogP contribution in [0.5, 0.6) is 0 Å². The molecule has 0 bridgehead atoms. The summed E-state index contributed by atoms with van der Waals surface area (Å²) in [6, 6.07) is 0. The Morgan fingerprint density at radius 1 is 1.67 bits per heavy atom. The highest BCUT2D eigenvalue weighted by molar-refractivity contribution is 5.70. The topological polar surface area (TPSA) is 63.3 Å². The van der Waals surface area contributed by atoms with Crippen molar-refractivity contribution in [1.29, 1.82) is 0 Å². The molecule has 5 heteroatoms. The van der Waals surface area contributed by atoms with Crippen LogP contribution in [0.2, 0.25) is 0 Å². The fraction of sp³-hybridized carbons (Fsp3) is 0.750. The normalized spacial score (nSPS) is 13.8. The molecule has 0 aliphatic heterocycles. The van der Waals surface area contributed by atoms with Crippen molar-refractivity contribution in [2.75, 3.05) is 6.54 Å². The number of carbonyl (C=O) groups is 1. The second-order valence-electron chi connectivity index (χ2n) is 1.51. The van der Waals surface area contributed by atoms with Gasteiger partial charge in [0.25, 0.3) is 6.43 Å². The van der Waals surface area contributed by atoms with Crippen LogP contribution in [-0.4, -0.2) is 24.0 Å². The Hall–Kier alpha value is -0.710. The van der Waals surface area contributed by atoms with E-state index >= 15 is 0 Å². The molecule has 0 spiro atoms. The molecule has 1 unspecified atom stereocenters. The highest BCUT2D eigenvalue weighted by Crippen LogP contribution is 2.07. The Kier molecular flexibility index (Phi) is 3.08. The molecule has 0 aliphatic rings. The molecule has 0 radical (unpaired) electrons. The number of halogens is 2. The van der Waals surface area contributed by atoms with Crippen molar-refractivity contribution in [2.24, 2.45) is 11.7 Å². The lowest BCUT2D eigenvalue weighted by atomic mass is 10.2. The van der Waals surface area contributed by atoms with Gasteiger partial charge in [-0.3, -0.25) is 4.79 Å². The van der Waals surface area contributed by atoms with E-state index in [0.29, 0.717) is 0 Å². The Bertz CT molecular complexity index is 107. The van der Waals surface area contributed by atoms with Crippen molar-refractivity contribution in [3.63, 3.8) is 0 Å². The third kappa shape index (κ3) is 2.36. The highest BCUT2D eigenvalue weighted by atomic mass is 19.3. The van der Waals surface area contributed by atoms with Crippen molar-refractivity contribution >= 4 is 5.97 Å². The van der Waals surface area contributed by atoms with Crippen LogP contribution in [0.1, 0.15) is 0 Å². The number of carboxylic acid groups (broad SMARTS) is 1. The molecule has 1 atom stereocenters. The van der Waals surface area contributed by atoms with Crippen LogP contribution in [0.25, 0.3) is 0 Å². The smallest absolute Gasteiger partial charge is 0.313 e. The molecular formula is C4H7F2NO2. The third-order valence-electron chi connectivity index (χ3n) is 0.875. The second kappa shape index (κ2) is 3.34. The average Bonchev–Trinajstić information content (AvgIpc) is 1.64. The van der Waals surface area contributed by atoms with Gasteiger partial charge in [0.05, 0.1) is 0 Å². The van der Waals surface area contributed by atoms with Gasteiger partial charge in [0.2, 0.25) is 0 Å². The molecule has 3 nitrogen and oxygen atoms in total. The van der Waals surface area contributed by atoms with Gasteiger partial charge in [-0.25, -0.2) is 8.78 Å². The van der Waals surface area contributed by atoms with Crippen LogP contribution in [0.3, 0.4) is 0 Å². The zero-order valence-corrected chi connectivity index (χ0v) is 4.55. The molecule has 0 saturated carbocycles. The van der Waals surface area contributed by atoms with E-state index in [1.54, 1.807) is 0 Å². The predicted molar refractivity (Wildman–Crippen MR) is 26.2 cm³/mol. The summed E-state index contributed by atoms with van der Waals surface area (Å²) in [5.41, 5.74) is 4.71. The number of alkyl halides is 2. The number of rotatable bonds is 3. The van der Waals surface area contributed by atoms with Gasteiger partial charge in [0, 0.05) is 6.54 Å².